The monoisotopic (exact) mass is 376 g/mol. The summed E-state index contributed by atoms with van der Waals surface area (Å²) in [5.41, 5.74) is 1.89. The summed E-state index contributed by atoms with van der Waals surface area (Å²) in [6, 6.07) is 12.0. The van der Waals surface area contributed by atoms with Crippen molar-refractivity contribution in [1.29, 1.82) is 0 Å². The van der Waals surface area contributed by atoms with E-state index in [2.05, 4.69) is 9.88 Å². The summed E-state index contributed by atoms with van der Waals surface area (Å²) in [6.07, 6.45) is 0. The maximum Gasteiger partial charge on any atom is 0.244 e. The van der Waals surface area contributed by atoms with Crippen molar-refractivity contribution in [1.82, 2.24) is 9.88 Å². The van der Waals surface area contributed by atoms with Gasteiger partial charge in [0.05, 0.1) is 12.8 Å². The van der Waals surface area contributed by atoms with Crippen molar-refractivity contribution in [2.75, 3.05) is 7.11 Å². The van der Waals surface area contributed by atoms with Crippen LogP contribution in [0.2, 0.25) is 0 Å². The van der Waals surface area contributed by atoms with Gasteiger partial charge in [0, 0.05) is 18.2 Å². The molecule has 8 heteroatoms. The molecule has 0 aliphatic heterocycles. The lowest BCUT2D eigenvalue weighted by molar-refractivity contribution is 0.402. The van der Waals surface area contributed by atoms with Crippen molar-refractivity contribution in [2.24, 2.45) is 0 Å². The molecule has 1 aromatic heterocycles. The molecule has 3 rings (SSSR count). The molecule has 0 fully saturated rings. The van der Waals surface area contributed by atoms with Crippen molar-refractivity contribution < 1.29 is 22.1 Å². The van der Waals surface area contributed by atoms with E-state index in [4.69, 9.17) is 9.26 Å². The predicted octanol–water partition coefficient (Wildman–Crippen LogP) is 3.28. The van der Waals surface area contributed by atoms with Crippen LogP contribution >= 0.6 is 0 Å². The Balaban J connectivity index is 1.90. The van der Waals surface area contributed by atoms with Gasteiger partial charge in [-0.15, -0.1) is 0 Å². The Morgan fingerprint density at radius 2 is 1.88 bits per heavy atom. The van der Waals surface area contributed by atoms with Crippen LogP contribution < -0.4 is 9.46 Å². The molecule has 0 radical (unpaired) electrons. The second-order valence-electron chi connectivity index (χ2n) is 5.65. The molecule has 0 bridgehead atoms. The third-order valence-corrected chi connectivity index (χ3v) is 5.17. The molecule has 0 spiro atoms. The van der Waals surface area contributed by atoms with Crippen LogP contribution in [0.25, 0.3) is 11.3 Å². The lowest BCUT2D eigenvalue weighted by Crippen LogP contribution is -2.23. The van der Waals surface area contributed by atoms with E-state index in [9.17, 15) is 12.8 Å². The number of sulfonamides is 1. The van der Waals surface area contributed by atoms with Gasteiger partial charge in [-0.1, -0.05) is 17.3 Å². The Morgan fingerprint density at radius 3 is 2.50 bits per heavy atom. The van der Waals surface area contributed by atoms with Gasteiger partial charge in [-0.3, -0.25) is 0 Å². The van der Waals surface area contributed by atoms with Gasteiger partial charge in [0.1, 0.15) is 16.5 Å². The smallest absolute Gasteiger partial charge is 0.244 e. The first kappa shape index (κ1) is 18.1. The molecule has 3 aromatic rings. The molecule has 6 nitrogen and oxygen atoms in total. The number of hydrogen-bond donors (Lipinski definition) is 1. The number of benzene rings is 2. The lowest BCUT2D eigenvalue weighted by atomic mass is 10.1. The maximum atomic E-state index is 13.0. The standard InChI is InChI=1S/C18H17FN2O4S/c1-12-9-17(25-21-12)14-5-8-16(24-2)18(10-14)26(22,23)20-11-13-3-6-15(19)7-4-13/h3-10,20H,11H2,1-2H3. The summed E-state index contributed by atoms with van der Waals surface area (Å²) in [6.45, 7) is 1.80. The molecule has 2 aromatic carbocycles. The van der Waals surface area contributed by atoms with Crippen LogP contribution in [-0.4, -0.2) is 20.7 Å². The fourth-order valence-electron chi connectivity index (χ4n) is 2.40. The number of nitrogens with one attached hydrogen (secondary N) is 1. The quantitative estimate of drug-likeness (QED) is 0.714. The van der Waals surface area contributed by atoms with Crippen molar-refractivity contribution in [3.05, 3.63) is 65.6 Å². The number of halogens is 1. The second-order valence-corrected chi connectivity index (χ2v) is 7.38. The van der Waals surface area contributed by atoms with Crippen LogP contribution in [0.5, 0.6) is 5.75 Å². The zero-order chi connectivity index (χ0) is 18.7. The number of ether oxygens (including phenoxy) is 1. The molecule has 1 heterocycles. The molecule has 0 saturated carbocycles. The molecule has 0 unspecified atom stereocenters. The van der Waals surface area contributed by atoms with Gasteiger partial charge in [0.25, 0.3) is 0 Å². The molecule has 0 amide bonds. The Bertz CT molecular complexity index is 1010. The fourth-order valence-corrected chi connectivity index (χ4v) is 3.61. The van der Waals surface area contributed by atoms with Crippen molar-refractivity contribution in [3.8, 4) is 17.1 Å². The van der Waals surface area contributed by atoms with E-state index >= 15 is 0 Å². The first-order valence-corrected chi connectivity index (χ1v) is 9.23. The van der Waals surface area contributed by atoms with E-state index < -0.39 is 10.0 Å². The number of methoxy groups -OCH3 is 1. The minimum atomic E-state index is -3.87. The maximum absolute atomic E-state index is 13.0. The van der Waals surface area contributed by atoms with Crippen molar-refractivity contribution >= 4 is 10.0 Å². The molecule has 136 valence electrons. The minimum absolute atomic E-state index is 0.0198. The summed E-state index contributed by atoms with van der Waals surface area (Å²) in [7, 11) is -2.47. The van der Waals surface area contributed by atoms with Gasteiger partial charge in [-0.25, -0.2) is 17.5 Å². The van der Waals surface area contributed by atoms with Crippen molar-refractivity contribution in [2.45, 2.75) is 18.4 Å². The Kier molecular flexibility index (Phi) is 5.06. The van der Waals surface area contributed by atoms with E-state index in [-0.39, 0.29) is 23.0 Å². The molecule has 0 aliphatic carbocycles. The number of aryl methyl sites for hydroxylation is 1. The summed E-state index contributed by atoms with van der Waals surface area (Å²) < 4.78 is 51.3. The normalized spacial score (nSPS) is 11.5. The van der Waals surface area contributed by atoms with Crippen LogP contribution in [0.1, 0.15) is 11.3 Å². The van der Waals surface area contributed by atoms with E-state index in [0.29, 0.717) is 22.6 Å². The Hall–Kier alpha value is -2.71. The van der Waals surface area contributed by atoms with Gasteiger partial charge in [-0.2, -0.15) is 0 Å². The highest BCUT2D eigenvalue weighted by atomic mass is 32.2. The van der Waals surface area contributed by atoms with E-state index in [0.717, 1.165) is 0 Å². The third-order valence-electron chi connectivity index (χ3n) is 3.75. The first-order chi connectivity index (χ1) is 12.4. The van der Waals surface area contributed by atoms with Gasteiger partial charge in [0.2, 0.25) is 10.0 Å². The topological polar surface area (TPSA) is 81.4 Å². The summed E-state index contributed by atoms with van der Waals surface area (Å²) in [5.74, 6) is 0.282. The lowest BCUT2D eigenvalue weighted by Gasteiger charge is -2.12. The average Bonchev–Trinajstić information content (AvgIpc) is 3.07. The highest BCUT2D eigenvalue weighted by Crippen LogP contribution is 2.30. The second kappa shape index (κ2) is 7.27. The summed E-state index contributed by atoms with van der Waals surface area (Å²) in [4.78, 5) is -0.0198. The molecular weight excluding hydrogens is 359 g/mol. The first-order valence-electron chi connectivity index (χ1n) is 7.75. The van der Waals surface area contributed by atoms with Crippen molar-refractivity contribution in [3.63, 3.8) is 0 Å². The van der Waals surface area contributed by atoms with Gasteiger partial charge in [-0.05, 0) is 42.8 Å². The number of aromatic nitrogens is 1. The third kappa shape index (κ3) is 3.92. The Morgan fingerprint density at radius 1 is 1.15 bits per heavy atom. The number of rotatable bonds is 6. The molecule has 26 heavy (non-hydrogen) atoms. The summed E-state index contributed by atoms with van der Waals surface area (Å²) >= 11 is 0. The molecule has 1 N–H and O–H groups in total. The average molecular weight is 376 g/mol. The van der Waals surface area contributed by atoms with E-state index in [1.54, 1.807) is 25.1 Å². The fraction of sp³-hybridized carbons (Fsp3) is 0.167. The predicted molar refractivity (Wildman–Crippen MR) is 93.7 cm³/mol. The SMILES string of the molecule is COc1ccc(-c2cc(C)no2)cc1S(=O)(=O)NCc1ccc(F)cc1. The van der Waals surface area contributed by atoms with Crippen LogP contribution in [0.15, 0.2) is 57.9 Å². The Labute approximate surface area is 150 Å². The van der Waals surface area contributed by atoms with Gasteiger partial charge in [0.15, 0.2) is 5.76 Å². The molecular formula is C18H17FN2O4S. The van der Waals surface area contributed by atoms with Crippen LogP contribution in [0, 0.1) is 12.7 Å². The van der Waals surface area contributed by atoms with Crippen LogP contribution in [0.3, 0.4) is 0 Å². The largest absolute Gasteiger partial charge is 0.495 e. The van der Waals surface area contributed by atoms with Crippen LogP contribution in [0.4, 0.5) is 4.39 Å². The van der Waals surface area contributed by atoms with Gasteiger partial charge < -0.3 is 9.26 Å². The summed E-state index contributed by atoms with van der Waals surface area (Å²) in [5, 5.41) is 3.81. The van der Waals surface area contributed by atoms with Crippen LogP contribution in [-0.2, 0) is 16.6 Å². The molecule has 0 saturated heterocycles. The highest BCUT2D eigenvalue weighted by Gasteiger charge is 2.21. The van der Waals surface area contributed by atoms with E-state index in [1.165, 1.54) is 37.4 Å². The highest BCUT2D eigenvalue weighted by molar-refractivity contribution is 7.89. The van der Waals surface area contributed by atoms with Gasteiger partial charge >= 0.3 is 0 Å². The van der Waals surface area contributed by atoms with E-state index in [1.807, 2.05) is 0 Å². The minimum Gasteiger partial charge on any atom is -0.495 e. The molecule has 0 aliphatic rings. The number of nitrogens with zero attached hydrogens (tertiary/aromatic N) is 1. The molecule has 0 atom stereocenters. The number of hydrogen-bond acceptors (Lipinski definition) is 5. The zero-order valence-electron chi connectivity index (χ0n) is 14.2. The zero-order valence-corrected chi connectivity index (χ0v) is 15.0.